The summed E-state index contributed by atoms with van der Waals surface area (Å²) >= 11 is 0. The zero-order valence-electron chi connectivity index (χ0n) is 10.9. The normalized spacial score (nSPS) is 12.6. The minimum absolute atomic E-state index is 0.216. The van der Waals surface area contributed by atoms with E-state index in [1.165, 1.54) is 0 Å². The van der Waals surface area contributed by atoms with Crippen LogP contribution >= 0.6 is 0 Å². The monoisotopic (exact) mass is 247 g/mol. The summed E-state index contributed by atoms with van der Waals surface area (Å²) in [4.78, 5) is 20.5. The average Bonchev–Trinajstić information content (AvgIpc) is 2.69. The van der Waals surface area contributed by atoms with E-state index in [0.717, 1.165) is 16.9 Å². The Morgan fingerprint density at radius 1 is 1.50 bits per heavy atom. The van der Waals surface area contributed by atoms with Gasteiger partial charge in [0.05, 0.1) is 23.8 Å². The lowest BCUT2D eigenvalue weighted by Gasteiger charge is -2.13. The van der Waals surface area contributed by atoms with Crippen molar-refractivity contribution in [1.29, 1.82) is 0 Å². The number of pyridine rings is 1. The summed E-state index contributed by atoms with van der Waals surface area (Å²) < 4.78 is 7.00. The average molecular weight is 247 g/mol. The van der Waals surface area contributed by atoms with Crippen molar-refractivity contribution in [1.82, 2.24) is 14.5 Å². The first-order valence-electron chi connectivity index (χ1n) is 6.12. The molecule has 0 spiro atoms. The molecule has 0 amide bonds. The lowest BCUT2D eigenvalue weighted by atomic mass is 10.1. The molecule has 0 bridgehead atoms. The molecule has 5 nitrogen and oxygen atoms in total. The highest BCUT2D eigenvalue weighted by atomic mass is 16.5. The quantitative estimate of drug-likeness (QED) is 0.776. The molecule has 0 saturated heterocycles. The summed E-state index contributed by atoms with van der Waals surface area (Å²) in [7, 11) is 1.90. The van der Waals surface area contributed by atoms with Crippen LogP contribution in [0.3, 0.4) is 0 Å². The highest BCUT2D eigenvalue weighted by Crippen LogP contribution is 2.23. The molecule has 0 N–H and O–H groups in total. The molecule has 5 heteroatoms. The molecule has 0 aromatic carbocycles. The zero-order valence-corrected chi connectivity index (χ0v) is 10.9. The molecule has 1 unspecified atom stereocenters. The van der Waals surface area contributed by atoms with E-state index in [0.29, 0.717) is 13.0 Å². The molecule has 0 aliphatic heterocycles. The number of carbonyl (C=O) groups is 1. The van der Waals surface area contributed by atoms with Crippen LogP contribution in [-0.4, -0.2) is 27.1 Å². The standard InChI is InChI=1S/C13H17N3O2/c1-4-9(13(17)18-5-2)12-15-10-6-7-14-8-11(10)16(12)3/h6-9H,4-5H2,1-3H3. The van der Waals surface area contributed by atoms with Gasteiger partial charge in [-0.15, -0.1) is 0 Å². The number of imidazole rings is 1. The van der Waals surface area contributed by atoms with Crippen molar-refractivity contribution >= 4 is 17.0 Å². The third kappa shape index (κ3) is 2.08. The van der Waals surface area contributed by atoms with Crippen molar-refractivity contribution in [3.8, 4) is 0 Å². The van der Waals surface area contributed by atoms with Crippen LogP contribution in [-0.2, 0) is 16.6 Å². The number of esters is 1. The van der Waals surface area contributed by atoms with E-state index < -0.39 is 0 Å². The van der Waals surface area contributed by atoms with Crippen molar-refractivity contribution in [2.75, 3.05) is 6.61 Å². The van der Waals surface area contributed by atoms with Crippen molar-refractivity contribution < 1.29 is 9.53 Å². The Bertz CT molecular complexity index is 562. The Labute approximate surface area is 106 Å². The van der Waals surface area contributed by atoms with Gasteiger partial charge in [-0.25, -0.2) is 4.98 Å². The molecule has 1 atom stereocenters. The number of hydrogen-bond acceptors (Lipinski definition) is 4. The minimum Gasteiger partial charge on any atom is -0.465 e. The Balaban J connectivity index is 2.45. The van der Waals surface area contributed by atoms with Gasteiger partial charge in [-0.2, -0.15) is 0 Å². The third-order valence-electron chi connectivity index (χ3n) is 3.01. The van der Waals surface area contributed by atoms with Gasteiger partial charge in [-0.1, -0.05) is 6.92 Å². The van der Waals surface area contributed by atoms with Crippen molar-refractivity contribution in [3.63, 3.8) is 0 Å². The van der Waals surface area contributed by atoms with Crippen molar-refractivity contribution in [2.45, 2.75) is 26.2 Å². The topological polar surface area (TPSA) is 57.0 Å². The van der Waals surface area contributed by atoms with E-state index >= 15 is 0 Å². The lowest BCUT2D eigenvalue weighted by Crippen LogP contribution is -2.18. The van der Waals surface area contributed by atoms with E-state index in [-0.39, 0.29) is 11.9 Å². The number of ether oxygens (including phenoxy) is 1. The van der Waals surface area contributed by atoms with E-state index in [4.69, 9.17) is 4.74 Å². The number of carbonyl (C=O) groups excluding carboxylic acids is 1. The smallest absolute Gasteiger partial charge is 0.316 e. The highest BCUT2D eigenvalue weighted by Gasteiger charge is 2.25. The van der Waals surface area contributed by atoms with Crippen molar-refractivity contribution in [3.05, 3.63) is 24.3 Å². The fourth-order valence-electron chi connectivity index (χ4n) is 2.06. The molecule has 96 valence electrons. The minimum atomic E-state index is -0.317. The summed E-state index contributed by atoms with van der Waals surface area (Å²) in [6.07, 6.45) is 4.12. The molecule has 2 heterocycles. The van der Waals surface area contributed by atoms with Crippen LogP contribution in [0.5, 0.6) is 0 Å². The van der Waals surface area contributed by atoms with Gasteiger partial charge in [0.2, 0.25) is 0 Å². The Hall–Kier alpha value is -1.91. The van der Waals surface area contributed by atoms with Crippen LogP contribution in [0.25, 0.3) is 11.0 Å². The second-order valence-electron chi connectivity index (χ2n) is 4.11. The number of aryl methyl sites for hydroxylation is 1. The molecule has 18 heavy (non-hydrogen) atoms. The van der Waals surface area contributed by atoms with Crippen LogP contribution in [0.1, 0.15) is 32.0 Å². The summed E-state index contributed by atoms with van der Waals surface area (Å²) in [5.41, 5.74) is 1.78. The molecule has 0 radical (unpaired) electrons. The number of aromatic nitrogens is 3. The van der Waals surface area contributed by atoms with E-state index in [9.17, 15) is 4.79 Å². The molecule has 0 aliphatic carbocycles. The van der Waals surface area contributed by atoms with E-state index in [2.05, 4.69) is 9.97 Å². The SMILES string of the molecule is CCOC(=O)C(CC)c1nc2ccncc2n1C. The first-order chi connectivity index (χ1) is 8.69. The molecule has 0 fully saturated rings. The molecule has 0 aliphatic rings. The molecule has 2 aromatic rings. The Morgan fingerprint density at radius 2 is 2.28 bits per heavy atom. The predicted molar refractivity (Wildman–Crippen MR) is 68.2 cm³/mol. The predicted octanol–water partition coefficient (Wildman–Crippen LogP) is 2.02. The molecule has 2 aromatic heterocycles. The fraction of sp³-hybridized carbons (Fsp3) is 0.462. The van der Waals surface area contributed by atoms with Crippen LogP contribution < -0.4 is 0 Å². The Kier molecular flexibility index (Phi) is 3.60. The van der Waals surface area contributed by atoms with Gasteiger partial charge in [0.15, 0.2) is 0 Å². The molecule has 0 saturated carbocycles. The zero-order chi connectivity index (χ0) is 13.1. The Morgan fingerprint density at radius 3 is 2.89 bits per heavy atom. The maximum Gasteiger partial charge on any atom is 0.316 e. The summed E-state index contributed by atoms with van der Waals surface area (Å²) in [5, 5.41) is 0. The van der Waals surface area contributed by atoms with Gasteiger partial charge in [0, 0.05) is 13.2 Å². The van der Waals surface area contributed by atoms with Gasteiger partial charge in [0.25, 0.3) is 0 Å². The number of hydrogen-bond donors (Lipinski definition) is 0. The maximum absolute atomic E-state index is 11.9. The van der Waals surface area contributed by atoms with Gasteiger partial charge < -0.3 is 9.30 Å². The third-order valence-corrected chi connectivity index (χ3v) is 3.01. The van der Waals surface area contributed by atoms with Gasteiger partial charge in [-0.3, -0.25) is 9.78 Å². The van der Waals surface area contributed by atoms with Crippen LogP contribution in [0.4, 0.5) is 0 Å². The second-order valence-corrected chi connectivity index (χ2v) is 4.11. The summed E-state index contributed by atoms with van der Waals surface area (Å²) in [6.45, 7) is 4.16. The molecular formula is C13H17N3O2. The van der Waals surface area contributed by atoms with E-state index in [1.807, 2.05) is 31.5 Å². The summed E-state index contributed by atoms with van der Waals surface area (Å²) in [5.74, 6) is 0.202. The lowest BCUT2D eigenvalue weighted by molar-refractivity contribution is -0.145. The highest BCUT2D eigenvalue weighted by molar-refractivity contribution is 5.80. The first-order valence-corrected chi connectivity index (χ1v) is 6.12. The van der Waals surface area contributed by atoms with Gasteiger partial charge >= 0.3 is 5.97 Å². The number of fused-ring (bicyclic) bond motifs is 1. The van der Waals surface area contributed by atoms with Crippen LogP contribution in [0.15, 0.2) is 18.5 Å². The van der Waals surface area contributed by atoms with Gasteiger partial charge in [-0.05, 0) is 19.4 Å². The summed E-state index contributed by atoms with van der Waals surface area (Å²) in [6, 6.07) is 1.84. The maximum atomic E-state index is 11.9. The molecular weight excluding hydrogens is 230 g/mol. The second kappa shape index (κ2) is 5.16. The number of rotatable bonds is 4. The molecule has 2 rings (SSSR count). The first kappa shape index (κ1) is 12.5. The largest absolute Gasteiger partial charge is 0.465 e. The van der Waals surface area contributed by atoms with Gasteiger partial charge in [0.1, 0.15) is 11.7 Å². The van der Waals surface area contributed by atoms with E-state index in [1.54, 1.807) is 12.4 Å². The van der Waals surface area contributed by atoms with Crippen LogP contribution in [0, 0.1) is 0 Å². The fourth-order valence-corrected chi connectivity index (χ4v) is 2.06. The van der Waals surface area contributed by atoms with Crippen molar-refractivity contribution in [2.24, 2.45) is 7.05 Å². The number of nitrogens with zero attached hydrogens (tertiary/aromatic N) is 3. The van der Waals surface area contributed by atoms with Crippen LogP contribution in [0.2, 0.25) is 0 Å².